The van der Waals surface area contributed by atoms with E-state index in [0.717, 1.165) is 22.4 Å². The van der Waals surface area contributed by atoms with Crippen molar-refractivity contribution in [1.82, 2.24) is 19.6 Å². The number of halogens is 2. The summed E-state index contributed by atoms with van der Waals surface area (Å²) < 4.78 is 15.1. The molecule has 4 rings (SSSR count). The molecular weight excluding hydrogens is 329 g/mol. The number of benzene rings is 2. The van der Waals surface area contributed by atoms with E-state index in [9.17, 15) is 4.39 Å². The third-order valence-corrected chi connectivity index (χ3v) is 4.12. The normalized spacial score (nSPS) is 11.3. The van der Waals surface area contributed by atoms with Crippen molar-refractivity contribution >= 4 is 39.8 Å². The number of nitrogens with zero attached hydrogens (tertiary/aromatic N) is 4. The molecule has 0 atom stereocenters. The summed E-state index contributed by atoms with van der Waals surface area (Å²) in [6, 6.07) is 11.9. The molecule has 0 saturated heterocycles. The maximum absolute atomic E-state index is 13.3. The van der Waals surface area contributed by atoms with Gasteiger partial charge in [-0.25, -0.2) is 13.8 Å². The molecule has 1 N–H and O–H groups in total. The first kappa shape index (κ1) is 14.8. The van der Waals surface area contributed by atoms with Crippen molar-refractivity contribution in [3.8, 4) is 0 Å². The summed E-state index contributed by atoms with van der Waals surface area (Å²) in [5.41, 5.74) is 2.08. The van der Waals surface area contributed by atoms with Crippen molar-refractivity contribution in [3.63, 3.8) is 0 Å². The van der Waals surface area contributed by atoms with Gasteiger partial charge in [0.15, 0.2) is 5.65 Å². The molecule has 0 amide bonds. The lowest BCUT2D eigenvalue weighted by molar-refractivity contribution is 0.628. The van der Waals surface area contributed by atoms with Crippen molar-refractivity contribution in [2.24, 2.45) is 0 Å². The zero-order valence-electron chi connectivity index (χ0n) is 12.8. The molecule has 0 spiro atoms. The van der Waals surface area contributed by atoms with Gasteiger partial charge in [0, 0.05) is 11.8 Å². The second-order valence-electron chi connectivity index (χ2n) is 5.33. The van der Waals surface area contributed by atoms with Crippen LogP contribution in [0.15, 0.2) is 42.5 Å². The van der Waals surface area contributed by atoms with Crippen LogP contribution in [-0.4, -0.2) is 19.6 Å². The minimum Gasteiger partial charge on any atom is -0.324 e. The van der Waals surface area contributed by atoms with Crippen LogP contribution in [0.5, 0.6) is 0 Å². The number of aromatic nitrogens is 4. The van der Waals surface area contributed by atoms with Crippen LogP contribution in [0.2, 0.25) is 5.02 Å². The van der Waals surface area contributed by atoms with Crippen LogP contribution >= 0.6 is 11.6 Å². The highest BCUT2D eigenvalue weighted by Gasteiger charge is 2.15. The predicted octanol–water partition coefficient (Wildman–Crippen LogP) is 4.38. The van der Waals surface area contributed by atoms with Gasteiger partial charge in [-0.3, -0.25) is 0 Å². The maximum Gasteiger partial charge on any atom is 0.215 e. The Labute approximate surface area is 142 Å². The zero-order chi connectivity index (χ0) is 16.7. The fourth-order valence-electron chi connectivity index (χ4n) is 2.66. The topological polar surface area (TPSA) is 55.1 Å². The van der Waals surface area contributed by atoms with E-state index in [1.165, 1.54) is 12.1 Å². The molecule has 120 valence electrons. The van der Waals surface area contributed by atoms with Gasteiger partial charge in [-0.05, 0) is 30.3 Å². The second-order valence-corrected chi connectivity index (χ2v) is 5.74. The van der Waals surface area contributed by atoms with Gasteiger partial charge < -0.3 is 5.32 Å². The standard InChI is InChI=1S/C17H13ClFN5/c1-2-15-22-23-16-11-5-3-4-6-13(11)20-17(24(15)16)21-14-8-7-10(19)9-12(14)18/h3-9H,2H2,1H3,(H,20,21). The number of para-hydroxylation sites is 1. The van der Waals surface area contributed by atoms with E-state index in [1.54, 1.807) is 6.07 Å². The average molecular weight is 342 g/mol. The Balaban J connectivity index is 1.96. The zero-order valence-corrected chi connectivity index (χ0v) is 13.5. The summed E-state index contributed by atoms with van der Waals surface area (Å²) in [5, 5.41) is 12.9. The molecule has 0 saturated carbocycles. The predicted molar refractivity (Wildman–Crippen MR) is 92.4 cm³/mol. The third kappa shape index (κ3) is 2.35. The summed E-state index contributed by atoms with van der Waals surface area (Å²) >= 11 is 6.13. The van der Waals surface area contributed by atoms with Crippen LogP contribution in [0.3, 0.4) is 0 Å². The number of fused-ring (bicyclic) bond motifs is 3. The number of hydrogen-bond acceptors (Lipinski definition) is 4. The Morgan fingerprint density at radius 3 is 2.79 bits per heavy atom. The van der Waals surface area contributed by atoms with Crippen molar-refractivity contribution in [2.75, 3.05) is 5.32 Å². The molecule has 2 heterocycles. The number of anilines is 2. The molecule has 2 aromatic carbocycles. The molecule has 0 fully saturated rings. The van der Waals surface area contributed by atoms with Crippen LogP contribution in [0.25, 0.3) is 16.6 Å². The molecule has 0 unspecified atom stereocenters. The average Bonchev–Trinajstić information content (AvgIpc) is 3.02. The number of hydrogen-bond donors (Lipinski definition) is 1. The second kappa shape index (κ2) is 5.72. The van der Waals surface area contributed by atoms with Crippen molar-refractivity contribution in [2.45, 2.75) is 13.3 Å². The molecule has 5 nitrogen and oxygen atoms in total. The molecule has 0 radical (unpaired) electrons. The van der Waals surface area contributed by atoms with Gasteiger partial charge in [0.1, 0.15) is 11.6 Å². The summed E-state index contributed by atoms with van der Waals surface area (Å²) in [7, 11) is 0. The lowest BCUT2D eigenvalue weighted by atomic mass is 10.2. The Morgan fingerprint density at radius 2 is 2.00 bits per heavy atom. The Kier molecular flexibility index (Phi) is 3.54. The lowest BCUT2D eigenvalue weighted by Gasteiger charge is -2.12. The van der Waals surface area contributed by atoms with Gasteiger partial charge in [0.25, 0.3) is 0 Å². The van der Waals surface area contributed by atoms with E-state index < -0.39 is 0 Å². The van der Waals surface area contributed by atoms with Crippen LogP contribution in [-0.2, 0) is 6.42 Å². The summed E-state index contributed by atoms with van der Waals surface area (Å²) in [6.07, 6.45) is 0.701. The first-order valence-electron chi connectivity index (χ1n) is 7.52. The molecule has 0 aliphatic carbocycles. The van der Waals surface area contributed by atoms with Gasteiger partial charge in [0.05, 0.1) is 16.2 Å². The molecule has 0 bridgehead atoms. The maximum atomic E-state index is 13.3. The van der Waals surface area contributed by atoms with E-state index in [1.807, 2.05) is 35.6 Å². The molecule has 4 aromatic rings. The van der Waals surface area contributed by atoms with Crippen LogP contribution < -0.4 is 5.32 Å². The minimum atomic E-state index is -0.388. The van der Waals surface area contributed by atoms with E-state index in [-0.39, 0.29) is 10.8 Å². The monoisotopic (exact) mass is 341 g/mol. The highest BCUT2D eigenvalue weighted by Crippen LogP contribution is 2.28. The molecule has 0 aliphatic heterocycles. The van der Waals surface area contributed by atoms with Crippen molar-refractivity contribution < 1.29 is 4.39 Å². The van der Waals surface area contributed by atoms with Crippen LogP contribution in [0.4, 0.5) is 16.0 Å². The van der Waals surface area contributed by atoms with Gasteiger partial charge in [-0.1, -0.05) is 30.7 Å². The fourth-order valence-corrected chi connectivity index (χ4v) is 2.88. The quantitative estimate of drug-likeness (QED) is 0.601. The number of nitrogens with one attached hydrogen (secondary N) is 1. The van der Waals surface area contributed by atoms with Gasteiger partial charge in [0.2, 0.25) is 5.95 Å². The van der Waals surface area contributed by atoms with Crippen molar-refractivity contribution in [1.29, 1.82) is 0 Å². The van der Waals surface area contributed by atoms with Crippen LogP contribution in [0.1, 0.15) is 12.7 Å². The Bertz CT molecular complexity index is 1060. The highest BCUT2D eigenvalue weighted by molar-refractivity contribution is 6.33. The third-order valence-electron chi connectivity index (χ3n) is 3.81. The SMILES string of the molecule is CCc1nnc2c3ccccc3nc(Nc3ccc(F)cc3Cl)n12. The summed E-state index contributed by atoms with van der Waals surface area (Å²) in [5.74, 6) is 0.934. The first-order chi connectivity index (χ1) is 11.7. The summed E-state index contributed by atoms with van der Waals surface area (Å²) in [4.78, 5) is 4.66. The fraction of sp³-hybridized carbons (Fsp3) is 0.118. The molecular formula is C17H13ClFN5. The van der Waals surface area contributed by atoms with E-state index in [0.29, 0.717) is 18.1 Å². The van der Waals surface area contributed by atoms with E-state index in [4.69, 9.17) is 11.6 Å². The van der Waals surface area contributed by atoms with E-state index >= 15 is 0 Å². The number of rotatable bonds is 3. The Hall–Kier alpha value is -2.73. The van der Waals surface area contributed by atoms with Crippen molar-refractivity contribution in [3.05, 3.63) is 59.1 Å². The smallest absolute Gasteiger partial charge is 0.215 e. The highest BCUT2D eigenvalue weighted by atomic mass is 35.5. The minimum absolute atomic E-state index is 0.282. The van der Waals surface area contributed by atoms with Crippen LogP contribution in [0, 0.1) is 5.82 Å². The van der Waals surface area contributed by atoms with Gasteiger partial charge >= 0.3 is 0 Å². The lowest BCUT2D eigenvalue weighted by Crippen LogP contribution is -2.05. The Morgan fingerprint density at radius 1 is 1.17 bits per heavy atom. The summed E-state index contributed by atoms with van der Waals surface area (Å²) in [6.45, 7) is 2.00. The number of aryl methyl sites for hydroxylation is 1. The van der Waals surface area contributed by atoms with Gasteiger partial charge in [-0.2, -0.15) is 0 Å². The van der Waals surface area contributed by atoms with E-state index in [2.05, 4.69) is 20.5 Å². The largest absolute Gasteiger partial charge is 0.324 e. The molecule has 24 heavy (non-hydrogen) atoms. The molecule has 7 heteroatoms. The first-order valence-corrected chi connectivity index (χ1v) is 7.90. The molecule has 0 aliphatic rings. The van der Waals surface area contributed by atoms with Gasteiger partial charge in [-0.15, -0.1) is 10.2 Å². The molecule has 2 aromatic heterocycles.